The number of anilines is 1. The minimum atomic E-state index is -0.284. The number of carbonyl (C=O) groups excluding carboxylic acids is 2. The van der Waals surface area contributed by atoms with Gasteiger partial charge >= 0.3 is 6.03 Å². The molecule has 0 aliphatic rings. The second kappa shape index (κ2) is 12.4. The summed E-state index contributed by atoms with van der Waals surface area (Å²) in [6.45, 7) is 3.56. The van der Waals surface area contributed by atoms with Crippen LogP contribution < -0.4 is 5.32 Å². The molecule has 0 spiro atoms. The van der Waals surface area contributed by atoms with E-state index in [4.69, 9.17) is 0 Å². The molecule has 0 radical (unpaired) electrons. The molecule has 0 saturated heterocycles. The van der Waals surface area contributed by atoms with Gasteiger partial charge in [0, 0.05) is 41.2 Å². The number of H-pyrrole nitrogens is 1. The van der Waals surface area contributed by atoms with Crippen LogP contribution in [0.3, 0.4) is 0 Å². The van der Waals surface area contributed by atoms with E-state index >= 15 is 0 Å². The van der Waals surface area contributed by atoms with Gasteiger partial charge < -0.3 is 20.1 Å². The predicted octanol–water partition coefficient (Wildman–Crippen LogP) is 6.45. The van der Waals surface area contributed by atoms with E-state index in [1.54, 1.807) is 4.90 Å². The SMILES string of the molecule is CCCN(CC(=O)N(CCc1c[nH]c2ccccc12)Cc1ccccc1)C(=O)Nc1ccccc1Br. The zero-order chi connectivity index (χ0) is 25.3. The maximum Gasteiger partial charge on any atom is 0.322 e. The summed E-state index contributed by atoms with van der Waals surface area (Å²) in [4.78, 5) is 33.4. The number of amides is 3. The van der Waals surface area contributed by atoms with Gasteiger partial charge in [-0.2, -0.15) is 0 Å². The minimum Gasteiger partial charge on any atom is -0.361 e. The van der Waals surface area contributed by atoms with Crippen LogP contribution in [0.5, 0.6) is 0 Å². The number of carbonyl (C=O) groups is 2. The lowest BCUT2D eigenvalue weighted by molar-refractivity contribution is -0.132. The number of aromatic amines is 1. The molecular weight excluding hydrogens is 516 g/mol. The molecule has 186 valence electrons. The van der Waals surface area contributed by atoms with Crippen LogP contribution in [0, 0.1) is 0 Å². The zero-order valence-corrected chi connectivity index (χ0v) is 22.0. The van der Waals surface area contributed by atoms with E-state index in [2.05, 4.69) is 38.4 Å². The van der Waals surface area contributed by atoms with E-state index in [9.17, 15) is 9.59 Å². The number of benzene rings is 3. The third-order valence-corrected chi connectivity index (χ3v) is 6.81. The molecule has 6 nitrogen and oxygen atoms in total. The number of nitrogens with one attached hydrogen (secondary N) is 2. The molecule has 0 aliphatic carbocycles. The Morgan fingerprint density at radius 3 is 2.39 bits per heavy atom. The van der Waals surface area contributed by atoms with Crippen LogP contribution >= 0.6 is 15.9 Å². The number of hydrogen-bond acceptors (Lipinski definition) is 2. The molecule has 4 aromatic rings. The Morgan fingerprint density at radius 2 is 1.61 bits per heavy atom. The first-order valence-corrected chi connectivity index (χ1v) is 13.0. The third-order valence-electron chi connectivity index (χ3n) is 6.12. The molecule has 0 fully saturated rings. The number of hydrogen-bond donors (Lipinski definition) is 2. The normalized spacial score (nSPS) is 10.8. The molecule has 1 aromatic heterocycles. The first kappa shape index (κ1) is 25.5. The van der Waals surface area contributed by atoms with Crippen molar-refractivity contribution in [2.24, 2.45) is 0 Å². The Hall–Kier alpha value is -3.58. The topological polar surface area (TPSA) is 68.4 Å². The molecule has 0 unspecified atom stereocenters. The summed E-state index contributed by atoms with van der Waals surface area (Å²) in [5, 5.41) is 4.10. The van der Waals surface area contributed by atoms with Crippen LogP contribution in [0.1, 0.15) is 24.5 Å². The first-order valence-electron chi connectivity index (χ1n) is 12.2. The Kier molecular flexibility index (Phi) is 8.79. The summed E-state index contributed by atoms with van der Waals surface area (Å²) in [5.74, 6) is -0.0746. The lowest BCUT2D eigenvalue weighted by Crippen LogP contribution is -2.45. The van der Waals surface area contributed by atoms with E-state index in [1.807, 2.05) is 84.8 Å². The second-order valence-electron chi connectivity index (χ2n) is 8.74. The summed E-state index contributed by atoms with van der Waals surface area (Å²) in [6.07, 6.45) is 3.49. The number of rotatable bonds is 10. The Morgan fingerprint density at radius 1 is 0.889 bits per heavy atom. The number of nitrogens with zero attached hydrogens (tertiary/aromatic N) is 2. The van der Waals surface area contributed by atoms with Crippen LogP contribution in [0.25, 0.3) is 10.9 Å². The number of halogens is 1. The van der Waals surface area contributed by atoms with Crippen molar-refractivity contribution in [1.29, 1.82) is 0 Å². The maximum atomic E-state index is 13.6. The van der Waals surface area contributed by atoms with Crippen molar-refractivity contribution in [3.8, 4) is 0 Å². The van der Waals surface area contributed by atoms with Gasteiger partial charge in [-0.3, -0.25) is 4.79 Å². The van der Waals surface area contributed by atoms with E-state index < -0.39 is 0 Å². The highest BCUT2D eigenvalue weighted by molar-refractivity contribution is 9.10. The predicted molar refractivity (Wildman–Crippen MR) is 149 cm³/mol. The number of urea groups is 1. The third kappa shape index (κ3) is 6.55. The van der Waals surface area contributed by atoms with Gasteiger partial charge in [0.1, 0.15) is 6.54 Å². The van der Waals surface area contributed by atoms with Crippen LogP contribution in [-0.4, -0.2) is 46.4 Å². The molecule has 0 saturated carbocycles. The van der Waals surface area contributed by atoms with Crippen molar-refractivity contribution in [2.45, 2.75) is 26.3 Å². The zero-order valence-electron chi connectivity index (χ0n) is 20.4. The lowest BCUT2D eigenvalue weighted by atomic mass is 10.1. The molecule has 0 aliphatic heterocycles. The van der Waals surface area contributed by atoms with Crippen LogP contribution in [0.2, 0.25) is 0 Å². The van der Waals surface area contributed by atoms with Gasteiger partial charge in [0.05, 0.1) is 5.69 Å². The van der Waals surface area contributed by atoms with Gasteiger partial charge in [-0.15, -0.1) is 0 Å². The van der Waals surface area contributed by atoms with Gasteiger partial charge in [0.15, 0.2) is 0 Å². The largest absolute Gasteiger partial charge is 0.361 e. The monoisotopic (exact) mass is 546 g/mol. The number of fused-ring (bicyclic) bond motifs is 1. The van der Waals surface area contributed by atoms with Crippen molar-refractivity contribution in [3.63, 3.8) is 0 Å². The molecular formula is C29H31BrN4O2. The molecule has 3 amide bonds. The summed E-state index contributed by atoms with van der Waals surface area (Å²) in [5.41, 5.74) is 4.00. The molecule has 0 atom stereocenters. The maximum absolute atomic E-state index is 13.6. The van der Waals surface area contributed by atoms with E-state index in [1.165, 1.54) is 10.9 Å². The fraction of sp³-hybridized carbons (Fsp3) is 0.241. The van der Waals surface area contributed by atoms with Gasteiger partial charge in [-0.05, 0) is 58.1 Å². The average molecular weight is 547 g/mol. The van der Waals surface area contributed by atoms with Crippen LogP contribution in [-0.2, 0) is 17.8 Å². The molecule has 2 N–H and O–H groups in total. The minimum absolute atomic E-state index is 0.0187. The van der Waals surface area contributed by atoms with Crippen LogP contribution in [0.15, 0.2) is 89.5 Å². The average Bonchev–Trinajstić information content (AvgIpc) is 3.31. The smallest absolute Gasteiger partial charge is 0.322 e. The van der Waals surface area contributed by atoms with Gasteiger partial charge in [0.25, 0.3) is 0 Å². The quantitative estimate of drug-likeness (QED) is 0.240. The fourth-order valence-corrected chi connectivity index (χ4v) is 4.62. The van der Waals surface area contributed by atoms with Crippen molar-refractivity contribution >= 4 is 44.5 Å². The fourth-order valence-electron chi connectivity index (χ4n) is 4.23. The highest BCUT2D eigenvalue weighted by atomic mass is 79.9. The molecule has 36 heavy (non-hydrogen) atoms. The van der Waals surface area contributed by atoms with Gasteiger partial charge in [-0.25, -0.2) is 4.79 Å². The summed E-state index contributed by atoms with van der Waals surface area (Å²) < 4.78 is 0.797. The molecule has 3 aromatic carbocycles. The molecule has 0 bridgehead atoms. The highest BCUT2D eigenvalue weighted by Crippen LogP contribution is 2.22. The lowest BCUT2D eigenvalue weighted by Gasteiger charge is -2.28. The Labute approximate surface area is 220 Å². The molecule has 4 rings (SSSR count). The summed E-state index contributed by atoms with van der Waals surface area (Å²) in [7, 11) is 0. The van der Waals surface area contributed by atoms with Gasteiger partial charge in [0.2, 0.25) is 5.91 Å². The van der Waals surface area contributed by atoms with Crippen molar-refractivity contribution in [3.05, 3.63) is 101 Å². The summed E-state index contributed by atoms with van der Waals surface area (Å²) >= 11 is 3.47. The second-order valence-corrected chi connectivity index (χ2v) is 9.60. The number of para-hydroxylation sites is 2. The van der Waals surface area contributed by atoms with E-state index in [0.717, 1.165) is 28.4 Å². The Balaban J connectivity index is 1.49. The molecule has 1 heterocycles. The van der Waals surface area contributed by atoms with Crippen molar-refractivity contribution in [2.75, 3.05) is 25.0 Å². The van der Waals surface area contributed by atoms with E-state index in [0.29, 0.717) is 25.3 Å². The van der Waals surface area contributed by atoms with E-state index in [-0.39, 0.29) is 18.5 Å². The first-order chi connectivity index (χ1) is 17.5. The van der Waals surface area contributed by atoms with Crippen LogP contribution in [0.4, 0.5) is 10.5 Å². The van der Waals surface area contributed by atoms with Crippen molar-refractivity contribution in [1.82, 2.24) is 14.8 Å². The van der Waals surface area contributed by atoms with Gasteiger partial charge in [-0.1, -0.05) is 67.6 Å². The number of aromatic nitrogens is 1. The summed E-state index contributed by atoms with van der Waals surface area (Å²) in [6, 6.07) is 25.3. The van der Waals surface area contributed by atoms with Crippen molar-refractivity contribution < 1.29 is 9.59 Å². The molecule has 7 heteroatoms. The standard InChI is InChI=1S/C29H31BrN4O2/c1-2-17-34(29(36)32-27-15-9-7-13-25(27)30)21-28(35)33(20-22-10-4-3-5-11-22)18-16-23-19-31-26-14-8-6-12-24(23)26/h3-15,19,31H,2,16-18,20-21H2,1H3,(H,32,36). The highest BCUT2D eigenvalue weighted by Gasteiger charge is 2.22. The Bertz CT molecular complexity index is 1300.